The summed E-state index contributed by atoms with van der Waals surface area (Å²) in [5, 5.41) is 2.84. The van der Waals surface area contributed by atoms with Crippen molar-refractivity contribution in [1.29, 1.82) is 0 Å². The predicted octanol–water partition coefficient (Wildman–Crippen LogP) is 5.61. The van der Waals surface area contributed by atoms with Crippen molar-refractivity contribution in [3.8, 4) is 0 Å². The fraction of sp³-hybridized carbons (Fsp3) is 0.0952. The number of anilines is 2. The van der Waals surface area contributed by atoms with Crippen LogP contribution in [0.3, 0.4) is 0 Å². The second-order valence-electron chi connectivity index (χ2n) is 6.53. The van der Waals surface area contributed by atoms with Crippen LogP contribution in [0.15, 0.2) is 65.6 Å². The molecule has 0 spiro atoms. The molecular weight excluding hydrogens is 523 g/mol. The van der Waals surface area contributed by atoms with Gasteiger partial charge in [0.15, 0.2) is 0 Å². The number of sulfonamides is 1. The normalized spacial score (nSPS) is 11.2. The third kappa shape index (κ3) is 5.29. The Morgan fingerprint density at radius 1 is 1.00 bits per heavy atom. The topological polar surface area (TPSA) is 75.3 Å². The van der Waals surface area contributed by atoms with Crippen LogP contribution >= 0.6 is 34.2 Å². The quantitative estimate of drug-likeness (QED) is 0.413. The van der Waals surface area contributed by atoms with E-state index in [0.29, 0.717) is 11.4 Å². The van der Waals surface area contributed by atoms with Gasteiger partial charge in [0.1, 0.15) is 4.90 Å². The Labute approximate surface area is 188 Å². The summed E-state index contributed by atoms with van der Waals surface area (Å²) in [5.41, 5.74) is 3.10. The SMILES string of the molecule is Cc1cccc(NS(=O)(=O)c2cc(C(=O)Nc3ccc(I)cc3C)ccc2Cl)c1. The van der Waals surface area contributed by atoms with Crippen LogP contribution < -0.4 is 10.0 Å². The number of rotatable bonds is 5. The molecule has 0 aliphatic rings. The van der Waals surface area contributed by atoms with Crippen LogP contribution in [0.1, 0.15) is 21.5 Å². The highest BCUT2D eigenvalue weighted by molar-refractivity contribution is 14.1. The molecule has 0 bridgehead atoms. The minimum absolute atomic E-state index is 0.0344. The molecule has 0 saturated heterocycles. The minimum atomic E-state index is -3.97. The predicted molar refractivity (Wildman–Crippen MR) is 125 cm³/mol. The average Bonchev–Trinajstić information content (AvgIpc) is 2.63. The molecule has 0 atom stereocenters. The Hall–Kier alpha value is -2.10. The monoisotopic (exact) mass is 540 g/mol. The highest BCUT2D eigenvalue weighted by Gasteiger charge is 2.21. The Morgan fingerprint density at radius 3 is 2.45 bits per heavy atom. The van der Waals surface area contributed by atoms with E-state index in [2.05, 4.69) is 32.6 Å². The summed E-state index contributed by atoms with van der Waals surface area (Å²) in [6, 6.07) is 16.8. The van der Waals surface area contributed by atoms with E-state index >= 15 is 0 Å². The molecule has 0 saturated carbocycles. The highest BCUT2D eigenvalue weighted by atomic mass is 127. The summed E-state index contributed by atoms with van der Waals surface area (Å²) >= 11 is 8.33. The van der Waals surface area contributed by atoms with Crippen LogP contribution in [0.4, 0.5) is 11.4 Å². The van der Waals surface area contributed by atoms with E-state index in [9.17, 15) is 13.2 Å². The lowest BCUT2D eigenvalue weighted by molar-refractivity contribution is 0.102. The zero-order chi connectivity index (χ0) is 21.2. The van der Waals surface area contributed by atoms with Crippen molar-refractivity contribution in [2.75, 3.05) is 10.0 Å². The molecule has 8 heteroatoms. The smallest absolute Gasteiger partial charge is 0.263 e. The number of aryl methyl sites for hydroxylation is 2. The Balaban J connectivity index is 1.89. The molecule has 150 valence electrons. The summed E-state index contributed by atoms with van der Waals surface area (Å²) in [5.74, 6) is -0.419. The zero-order valence-electron chi connectivity index (χ0n) is 15.7. The van der Waals surface area contributed by atoms with Gasteiger partial charge < -0.3 is 5.32 Å². The van der Waals surface area contributed by atoms with Crippen LogP contribution in [0.25, 0.3) is 0 Å². The molecule has 0 aliphatic heterocycles. The van der Waals surface area contributed by atoms with Crippen molar-refractivity contribution in [2.45, 2.75) is 18.7 Å². The molecule has 3 aromatic rings. The average molecular weight is 541 g/mol. The zero-order valence-corrected chi connectivity index (χ0v) is 19.4. The van der Waals surface area contributed by atoms with Crippen molar-refractivity contribution >= 4 is 61.5 Å². The first-order valence-corrected chi connectivity index (χ1v) is 11.6. The molecule has 5 nitrogen and oxygen atoms in total. The lowest BCUT2D eigenvalue weighted by Gasteiger charge is -2.12. The van der Waals surface area contributed by atoms with E-state index in [4.69, 9.17) is 11.6 Å². The van der Waals surface area contributed by atoms with Gasteiger partial charge in [0.05, 0.1) is 5.02 Å². The van der Waals surface area contributed by atoms with Crippen molar-refractivity contribution in [2.24, 2.45) is 0 Å². The molecule has 0 radical (unpaired) electrons. The Bertz CT molecular complexity index is 1200. The van der Waals surface area contributed by atoms with Gasteiger partial charge in [0, 0.05) is 20.5 Å². The van der Waals surface area contributed by atoms with Gasteiger partial charge in [-0.15, -0.1) is 0 Å². The maximum atomic E-state index is 12.8. The van der Waals surface area contributed by atoms with Crippen molar-refractivity contribution in [3.63, 3.8) is 0 Å². The van der Waals surface area contributed by atoms with E-state index in [0.717, 1.165) is 14.7 Å². The lowest BCUT2D eigenvalue weighted by Crippen LogP contribution is -2.17. The first kappa shape index (κ1) is 21.6. The van der Waals surface area contributed by atoms with Crippen LogP contribution in [0, 0.1) is 17.4 Å². The van der Waals surface area contributed by atoms with Gasteiger partial charge in [0.25, 0.3) is 15.9 Å². The van der Waals surface area contributed by atoms with Gasteiger partial charge >= 0.3 is 0 Å². The minimum Gasteiger partial charge on any atom is -0.322 e. The summed E-state index contributed by atoms with van der Waals surface area (Å²) < 4.78 is 29.2. The number of hydrogen-bond acceptors (Lipinski definition) is 3. The van der Waals surface area contributed by atoms with Crippen LogP contribution in [0.2, 0.25) is 5.02 Å². The third-order valence-electron chi connectivity index (χ3n) is 4.19. The number of halogens is 2. The lowest BCUT2D eigenvalue weighted by atomic mass is 10.1. The number of hydrogen-bond donors (Lipinski definition) is 2. The Morgan fingerprint density at radius 2 is 1.76 bits per heavy atom. The summed E-state index contributed by atoms with van der Waals surface area (Å²) in [4.78, 5) is 12.5. The van der Waals surface area contributed by atoms with Gasteiger partial charge in [-0.1, -0.05) is 23.7 Å². The molecule has 0 unspecified atom stereocenters. The van der Waals surface area contributed by atoms with Crippen LogP contribution in [-0.4, -0.2) is 14.3 Å². The van der Waals surface area contributed by atoms with Gasteiger partial charge in [0.2, 0.25) is 0 Å². The fourth-order valence-corrected chi connectivity index (χ4v) is 4.95. The van der Waals surface area contributed by atoms with E-state index in [-0.39, 0.29) is 15.5 Å². The van der Waals surface area contributed by atoms with E-state index < -0.39 is 15.9 Å². The molecule has 3 aromatic carbocycles. The van der Waals surface area contributed by atoms with Gasteiger partial charge in [-0.3, -0.25) is 9.52 Å². The molecule has 0 aliphatic carbocycles. The highest BCUT2D eigenvalue weighted by Crippen LogP contribution is 2.26. The van der Waals surface area contributed by atoms with E-state index in [1.807, 2.05) is 38.1 Å². The molecule has 0 aromatic heterocycles. The molecular formula is C21H18ClIN2O3S. The second-order valence-corrected chi connectivity index (χ2v) is 9.84. The first-order chi connectivity index (χ1) is 13.7. The number of amides is 1. The van der Waals surface area contributed by atoms with E-state index in [1.165, 1.54) is 18.2 Å². The number of carbonyl (C=O) groups excluding carboxylic acids is 1. The second kappa shape index (κ2) is 8.73. The molecule has 1 amide bonds. The summed E-state index contributed by atoms with van der Waals surface area (Å²) in [6.45, 7) is 3.75. The standard InChI is InChI=1S/C21H18ClIN2O3S/c1-13-4-3-5-17(10-13)25-29(27,28)20-12-15(6-8-18(20)22)21(26)24-19-9-7-16(23)11-14(19)2/h3-12,25H,1-2H3,(H,24,26). The number of benzene rings is 3. The molecule has 0 heterocycles. The largest absolute Gasteiger partial charge is 0.322 e. The number of nitrogens with one attached hydrogen (secondary N) is 2. The molecule has 0 fully saturated rings. The number of carbonyl (C=O) groups is 1. The van der Waals surface area contributed by atoms with Crippen molar-refractivity contribution < 1.29 is 13.2 Å². The van der Waals surface area contributed by atoms with Crippen molar-refractivity contribution in [3.05, 3.63) is 85.9 Å². The van der Waals surface area contributed by atoms with Crippen molar-refractivity contribution in [1.82, 2.24) is 0 Å². The summed E-state index contributed by atoms with van der Waals surface area (Å²) in [6.07, 6.45) is 0. The van der Waals surface area contributed by atoms with Crippen LogP contribution in [0.5, 0.6) is 0 Å². The molecule has 2 N–H and O–H groups in total. The van der Waals surface area contributed by atoms with Crippen LogP contribution in [-0.2, 0) is 10.0 Å². The third-order valence-corrected chi connectivity index (χ3v) is 6.72. The fourth-order valence-electron chi connectivity index (χ4n) is 2.73. The van der Waals surface area contributed by atoms with Gasteiger partial charge in [-0.05, 0) is 96.1 Å². The Kier molecular flexibility index (Phi) is 6.50. The maximum absolute atomic E-state index is 12.8. The summed E-state index contributed by atoms with van der Waals surface area (Å²) in [7, 11) is -3.97. The maximum Gasteiger partial charge on any atom is 0.263 e. The molecule has 29 heavy (non-hydrogen) atoms. The first-order valence-electron chi connectivity index (χ1n) is 8.62. The van der Waals surface area contributed by atoms with E-state index in [1.54, 1.807) is 18.2 Å². The van der Waals surface area contributed by atoms with Gasteiger partial charge in [-0.25, -0.2) is 8.42 Å². The van der Waals surface area contributed by atoms with Gasteiger partial charge in [-0.2, -0.15) is 0 Å². The molecule has 3 rings (SSSR count).